The normalized spacial score (nSPS) is 22.9. The van der Waals surface area contributed by atoms with Gasteiger partial charge in [0, 0.05) is 32.0 Å². The Hall–Kier alpha value is -1.56. The summed E-state index contributed by atoms with van der Waals surface area (Å²) in [5, 5.41) is 7.38. The van der Waals surface area contributed by atoms with E-state index in [-0.39, 0.29) is 12.1 Å². The van der Waals surface area contributed by atoms with Crippen molar-refractivity contribution in [2.45, 2.75) is 51.6 Å². The van der Waals surface area contributed by atoms with E-state index in [4.69, 9.17) is 0 Å². The molecule has 1 aromatic heterocycles. The largest absolute Gasteiger partial charge is 0.337 e. The zero-order valence-corrected chi connectivity index (χ0v) is 14.9. The van der Waals surface area contributed by atoms with Crippen molar-refractivity contribution >= 4 is 6.03 Å². The molecule has 6 heteroatoms. The lowest BCUT2D eigenvalue weighted by Gasteiger charge is -2.32. The summed E-state index contributed by atoms with van der Waals surface area (Å²) in [4.78, 5) is 17.0. The van der Waals surface area contributed by atoms with E-state index >= 15 is 0 Å². The Bertz CT molecular complexity index is 496. The number of piperidine rings is 1. The number of hydrogen-bond donors (Lipinski definition) is 1. The van der Waals surface area contributed by atoms with E-state index in [2.05, 4.69) is 22.2 Å². The second kappa shape index (κ2) is 8.51. The number of nitrogens with zero attached hydrogens (tertiary/aromatic N) is 4. The fraction of sp³-hybridized carbons (Fsp3) is 0.778. The number of carbonyl (C=O) groups excluding carboxylic acids is 1. The van der Waals surface area contributed by atoms with Gasteiger partial charge in [0.15, 0.2) is 0 Å². The standard InChI is InChI=1S/C18H31N5O/c1-2-16-6-12-21(13-7-16)14-9-19-18(24)23-11-3-5-17(23)15-22-10-4-8-20-22/h4,8,10,16-17H,2-3,5-7,9,11-15H2,1H3,(H,19,24)/t17-/m0/s1. The Morgan fingerprint density at radius 3 is 2.79 bits per heavy atom. The lowest BCUT2D eigenvalue weighted by atomic mass is 9.94. The number of aromatic nitrogens is 2. The Kier molecular flexibility index (Phi) is 6.12. The number of amides is 2. The molecular weight excluding hydrogens is 302 g/mol. The predicted octanol–water partition coefficient (Wildman–Crippen LogP) is 2.18. The summed E-state index contributed by atoms with van der Waals surface area (Å²) >= 11 is 0. The average Bonchev–Trinajstić information content (AvgIpc) is 3.28. The van der Waals surface area contributed by atoms with Crippen LogP contribution in [0.3, 0.4) is 0 Å². The molecular formula is C18H31N5O. The third kappa shape index (κ3) is 4.50. The second-order valence-corrected chi connectivity index (χ2v) is 7.14. The molecule has 1 aromatic rings. The molecule has 2 aliphatic heterocycles. The molecule has 134 valence electrons. The number of nitrogens with one attached hydrogen (secondary N) is 1. The van der Waals surface area contributed by atoms with Gasteiger partial charge in [0.1, 0.15) is 0 Å². The van der Waals surface area contributed by atoms with Crippen LogP contribution in [0, 0.1) is 5.92 Å². The first-order chi connectivity index (χ1) is 11.8. The Balaban J connectivity index is 1.38. The van der Waals surface area contributed by atoms with Crippen molar-refractivity contribution in [2.75, 3.05) is 32.7 Å². The number of likely N-dealkylation sites (tertiary alicyclic amines) is 2. The molecule has 2 saturated heterocycles. The third-order valence-corrected chi connectivity index (χ3v) is 5.58. The summed E-state index contributed by atoms with van der Waals surface area (Å²) in [5.74, 6) is 0.906. The van der Waals surface area contributed by atoms with E-state index in [1.165, 1.54) is 32.4 Å². The number of rotatable bonds is 6. The van der Waals surface area contributed by atoms with Crippen LogP contribution >= 0.6 is 0 Å². The molecule has 0 aliphatic carbocycles. The molecule has 1 atom stereocenters. The van der Waals surface area contributed by atoms with Crippen LogP contribution in [0.1, 0.15) is 39.0 Å². The monoisotopic (exact) mass is 333 g/mol. The minimum Gasteiger partial charge on any atom is -0.337 e. The summed E-state index contributed by atoms with van der Waals surface area (Å²) in [5.41, 5.74) is 0. The quantitative estimate of drug-likeness (QED) is 0.868. The topological polar surface area (TPSA) is 53.4 Å². The Labute approximate surface area is 145 Å². The smallest absolute Gasteiger partial charge is 0.317 e. The van der Waals surface area contributed by atoms with Crippen molar-refractivity contribution in [3.63, 3.8) is 0 Å². The highest BCUT2D eigenvalue weighted by Gasteiger charge is 2.29. The van der Waals surface area contributed by atoms with E-state index in [1.54, 1.807) is 6.20 Å². The summed E-state index contributed by atoms with van der Waals surface area (Å²) in [7, 11) is 0. The molecule has 0 unspecified atom stereocenters. The highest BCUT2D eigenvalue weighted by molar-refractivity contribution is 5.74. The lowest BCUT2D eigenvalue weighted by molar-refractivity contribution is 0.170. The minimum absolute atomic E-state index is 0.0908. The number of carbonyl (C=O) groups is 1. The van der Waals surface area contributed by atoms with Gasteiger partial charge >= 0.3 is 6.03 Å². The van der Waals surface area contributed by atoms with Crippen LogP contribution in [0.2, 0.25) is 0 Å². The van der Waals surface area contributed by atoms with Crippen molar-refractivity contribution < 1.29 is 4.79 Å². The fourth-order valence-corrected chi connectivity index (χ4v) is 3.96. The molecule has 3 rings (SSSR count). The van der Waals surface area contributed by atoms with E-state index < -0.39 is 0 Å². The van der Waals surface area contributed by atoms with Crippen LogP contribution < -0.4 is 5.32 Å². The summed E-state index contributed by atoms with van der Waals surface area (Å²) in [6.07, 6.45) is 9.83. The van der Waals surface area contributed by atoms with Crippen LogP contribution in [-0.2, 0) is 6.54 Å². The fourth-order valence-electron chi connectivity index (χ4n) is 3.96. The van der Waals surface area contributed by atoms with E-state index in [0.29, 0.717) is 0 Å². The van der Waals surface area contributed by atoms with Gasteiger partial charge in [-0.25, -0.2) is 4.79 Å². The summed E-state index contributed by atoms with van der Waals surface area (Å²) < 4.78 is 1.92. The first kappa shape index (κ1) is 17.3. The molecule has 0 radical (unpaired) electrons. The lowest BCUT2D eigenvalue weighted by Crippen LogP contribution is -2.47. The maximum Gasteiger partial charge on any atom is 0.317 e. The van der Waals surface area contributed by atoms with Crippen LogP contribution in [0.15, 0.2) is 18.5 Å². The van der Waals surface area contributed by atoms with Crippen molar-refractivity contribution in [3.8, 4) is 0 Å². The van der Waals surface area contributed by atoms with E-state index in [1.807, 2.05) is 21.8 Å². The van der Waals surface area contributed by atoms with Gasteiger partial charge in [0.05, 0.1) is 12.6 Å². The maximum absolute atomic E-state index is 12.5. The van der Waals surface area contributed by atoms with Crippen LogP contribution in [0.5, 0.6) is 0 Å². The van der Waals surface area contributed by atoms with Gasteiger partial charge in [-0.2, -0.15) is 5.10 Å². The van der Waals surface area contributed by atoms with Gasteiger partial charge in [-0.05, 0) is 50.8 Å². The van der Waals surface area contributed by atoms with Crippen LogP contribution in [0.25, 0.3) is 0 Å². The van der Waals surface area contributed by atoms with Crippen LogP contribution in [0.4, 0.5) is 4.79 Å². The molecule has 24 heavy (non-hydrogen) atoms. The first-order valence-electron chi connectivity index (χ1n) is 9.50. The molecule has 0 bridgehead atoms. The van der Waals surface area contributed by atoms with Crippen molar-refractivity contribution in [1.82, 2.24) is 24.9 Å². The second-order valence-electron chi connectivity index (χ2n) is 7.14. The van der Waals surface area contributed by atoms with Gasteiger partial charge in [0.25, 0.3) is 0 Å². The molecule has 6 nitrogen and oxygen atoms in total. The van der Waals surface area contributed by atoms with Crippen molar-refractivity contribution in [1.29, 1.82) is 0 Å². The van der Waals surface area contributed by atoms with Gasteiger partial charge in [0.2, 0.25) is 0 Å². The van der Waals surface area contributed by atoms with Gasteiger partial charge in [-0.3, -0.25) is 4.68 Å². The minimum atomic E-state index is 0.0908. The highest BCUT2D eigenvalue weighted by Crippen LogP contribution is 2.20. The zero-order valence-electron chi connectivity index (χ0n) is 14.9. The Morgan fingerprint density at radius 1 is 1.25 bits per heavy atom. The van der Waals surface area contributed by atoms with Gasteiger partial charge in [-0.15, -0.1) is 0 Å². The molecule has 0 saturated carbocycles. The van der Waals surface area contributed by atoms with E-state index in [0.717, 1.165) is 44.9 Å². The van der Waals surface area contributed by atoms with Gasteiger partial charge in [-0.1, -0.05) is 13.3 Å². The molecule has 2 fully saturated rings. The van der Waals surface area contributed by atoms with Crippen molar-refractivity contribution in [2.24, 2.45) is 5.92 Å². The first-order valence-corrected chi connectivity index (χ1v) is 9.50. The third-order valence-electron chi connectivity index (χ3n) is 5.58. The maximum atomic E-state index is 12.5. The summed E-state index contributed by atoms with van der Waals surface area (Å²) in [6, 6.07) is 2.29. The summed E-state index contributed by atoms with van der Waals surface area (Å²) in [6.45, 7) is 8.03. The van der Waals surface area contributed by atoms with Crippen LogP contribution in [-0.4, -0.2) is 64.4 Å². The number of urea groups is 1. The molecule has 0 spiro atoms. The molecule has 2 aliphatic rings. The van der Waals surface area contributed by atoms with Gasteiger partial charge < -0.3 is 15.1 Å². The van der Waals surface area contributed by atoms with Crippen molar-refractivity contribution in [3.05, 3.63) is 18.5 Å². The molecule has 0 aromatic carbocycles. The molecule has 3 heterocycles. The average molecular weight is 333 g/mol. The Morgan fingerprint density at radius 2 is 2.08 bits per heavy atom. The SMILES string of the molecule is CCC1CCN(CCNC(=O)N2CCC[C@H]2Cn2cccn2)CC1. The zero-order chi connectivity index (χ0) is 16.8. The molecule has 2 amide bonds. The van der Waals surface area contributed by atoms with E-state index in [9.17, 15) is 4.79 Å². The number of hydrogen-bond acceptors (Lipinski definition) is 3. The predicted molar refractivity (Wildman–Crippen MR) is 94.8 cm³/mol. The molecule has 1 N–H and O–H groups in total. The highest BCUT2D eigenvalue weighted by atomic mass is 16.2.